The van der Waals surface area contributed by atoms with E-state index in [9.17, 15) is 9.59 Å². The molecule has 0 fully saturated rings. The maximum atomic E-state index is 11.8. The molecule has 0 saturated carbocycles. The lowest BCUT2D eigenvalue weighted by Crippen LogP contribution is -2.22. The van der Waals surface area contributed by atoms with Crippen molar-refractivity contribution in [3.05, 3.63) is 62.2 Å². The van der Waals surface area contributed by atoms with Crippen LogP contribution in [0.3, 0.4) is 0 Å². The average molecular weight is 337 g/mol. The molecule has 0 aliphatic carbocycles. The molecule has 0 spiro atoms. The van der Waals surface area contributed by atoms with Crippen LogP contribution in [0, 0.1) is 0 Å². The standard InChI is InChI=1S/C14H13BrN2O3/c1-2-20-14(19)10-8-16-12(17-13(10)18)7-9-5-3-4-6-11(9)15/h3-6,8H,2,7H2,1H3,(H,16,17,18). The van der Waals surface area contributed by atoms with Crippen molar-refractivity contribution in [1.29, 1.82) is 0 Å². The Hall–Kier alpha value is -1.95. The first-order valence-corrected chi connectivity index (χ1v) is 6.90. The SMILES string of the molecule is CCOC(=O)c1cnc(Cc2ccccc2Br)[nH]c1=O. The predicted octanol–water partition coefficient (Wildman–Crippen LogP) is 2.30. The molecule has 0 aliphatic rings. The van der Waals surface area contributed by atoms with E-state index in [1.165, 1.54) is 6.20 Å². The van der Waals surface area contributed by atoms with Crippen LogP contribution in [0.25, 0.3) is 0 Å². The number of halogens is 1. The second-order valence-corrected chi connectivity index (χ2v) is 4.92. The number of aromatic amines is 1. The molecule has 0 radical (unpaired) electrons. The van der Waals surface area contributed by atoms with Gasteiger partial charge in [-0.15, -0.1) is 0 Å². The summed E-state index contributed by atoms with van der Waals surface area (Å²) < 4.78 is 5.72. The number of nitrogens with one attached hydrogen (secondary N) is 1. The van der Waals surface area contributed by atoms with Gasteiger partial charge in [-0.05, 0) is 18.6 Å². The molecule has 0 amide bonds. The first-order valence-electron chi connectivity index (χ1n) is 6.10. The van der Waals surface area contributed by atoms with Gasteiger partial charge in [-0.3, -0.25) is 4.79 Å². The Balaban J connectivity index is 2.24. The highest BCUT2D eigenvalue weighted by atomic mass is 79.9. The second kappa shape index (κ2) is 6.47. The van der Waals surface area contributed by atoms with E-state index in [1.54, 1.807) is 6.92 Å². The van der Waals surface area contributed by atoms with Gasteiger partial charge in [-0.25, -0.2) is 9.78 Å². The monoisotopic (exact) mass is 336 g/mol. The van der Waals surface area contributed by atoms with Gasteiger partial charge in [-0.1, -0.05) is 34.1 Å². The van der Waals surface area contributed by atoms with E-state index < -0.39 is 11.5 Å². The van der Waals surface area contributed by atoms with E-state index in [0.717, 1.165) is 10.0 Å². The van der Waals surface area contributed by atoms with Crippen LogP contribution >= 0.6 is 15.9 Å². The number of esters is 1. The number of hydrogen-bond acceptors (Lipinski definition) is 4. The van der Waals surface area contributed by atoms with Crippen LogP contribution in [-0.2, 0) is 11.2 Å². The van der Waals surface area contributed by atoms with Gasteiger partial charge in [0.2, 0.25) is 0 Å². The molecule has 1 heterocycles. The summed E-state index contributed by atoms with van der Waals surface area (Å²) in [5, 5.41) is 0. The molecule has 0 atom stereocenters. The normalized spacial score (nSPS) is 10.3. The summed E-state index contributed by atoms with van der Waals surface area (Å²) in [6.45, 7) is 1.90. The van der Waals surface area contributed by atoms with Crippen molar-refractivity contribution in [3.8, 4) is 0 Å². The van der Waals surface area contributed by atoms with E-state index in [2.05, 4.69) is 25.9 Å². The Morgan fingerprint density at radius 1 is 1.40 bits per heavy atom. The van der Waals surface area contributed by atoms with Crippen molar-refractivity contribution in [3.63, 3.8) is 0 Å². The van der Waals surface area contributed by atoms with E-state index in [0.29, 0.717) is 12.2 Å². The zero-order valence-corrected chi connectivity index (χ0v) is 12.4. The largest absolute Gasteiger partial charge is 0.462 e. The van der Waals surface area contributed by atoms with Crippen LogP contribution in [0.2, 0.25) is 0 Å². The predicted molar refractivity (Wildman–Crippen MR) is 77.8 cm³/mol. The molecule has 0 saturated heterocycles. The maximum absolute atomic E-state index is 11.8. The van der Waals surface area contributed by atoms with Gasteiger partial charge >= 0.3 is 5.97 Å². The molecule has 1 aromatic heterocycles. The fraction of sp³-hybridized carbons (Fsp3) is 0.214. The van der Waals surface area contributed by atoms with Crippen molar-refractivity contribution in [1.82, 2.24) is 9.97 Å². The summed E-state index contributed by atoms with van der Waals surface area (Å²) in [5.41, 5.74) is 0.433. The zero-order chi connectivity index (χ0) is 14.5. The third kappa shape index (κ3) is 3.33. The smallest absolute Gasteiger partial charge is 0.345 e. The van der Waals surface area contributed by atoms with Crippen LogP contribution in [0.4, 0.5) is 0 Å². The van der Waals surface area contributed by atoms with Crippen LogP contribution in [0.1, 0.15) is 28.7 Å². The van der Waals surface area contributed by atoms with Gasteiger partial charge in [0.05, 0.1) is 6.61 Å². The van der Waals surface area contributed by atoms with E-state index in [-0.39, 0.29) is 12.2 Å². The highest BCUT2D eigenvalue weighted by molar-refractivity contribution is 9.10. The Kier molecular flexibility index (Phi) is 4.68. The molecule has 5 nitrogen and oxygen atoms in total. The Labute approximate surface area is 124 Å². The number of ether oxygens (including phenoxy) is 1. The van der Waals surface area contributed by atoms with Crippen LogP contribution in [-0.4, -0.2) is 22.5 Å². The van der Waals surface area contributed by atoms with Crippen LogP contribution in [0.15, 0.2) is 39.7 Å². The van der Waals surface area contributed by atoms with Crippen LogP contribution in [0.5, 0.6) is 0 Å². The minimum Gasteiger partial charge on any atom is -0.462 e. The molecule has 0 bridgehead atoms. The molecule has 6 heteroatoms. The first kappa shape index (κ1) is 14.5. The van der Waals surface area contributed by atoms with Gasteiger partial charge in [0.25, 0.3) is 5.56 Å². The van der Waals surface area contributed by atoms with Gasteiger partial charge < -0.3 is 9.72 Å². The third-order valence-corrected chi connectivity index (χ3v) is 3.44. The number of benzene rings is 1. The fourth-order valence-electron chi connectivity index (χ4n) is 1.70. The Morgan fingerprint density at radius 2 is 2.15 bits per heavy atom. The minimum atomic E-state index is -0.659. The van der Waals surface area contributed by atoms with Crippen LogP contribution < -0.4 is 5.56 Å². The number of hydrogen-bond donors (Lipinski definition) is 1. The number of nitrogens with zero attached hydrogens (tertiary/aromatic N) is 1. The molecular weight excluding hydrogens is 324 g/mol. The number of aromatic nitrogens is 2. The summed E-state index contributed by atoms with van der Waals surface area (Å²) in [5.74, 6) is -0.163. The summed E-state index contributed by atoms with van der Waals surface area (Å²) in [7, 11) is 0. The maximum Gasteiger partial charge on any atom is 0.345 e. The van der Waals surface area contributed by atoms with Crippen molar-refractivity contribution in [2.24, 2.45) is 0 Å². The van der Waals surface area contributed by atoms with E-state index in [1.807, 2.05) is 24.3 Å². The van der Waals surface area contributed by atoms with E-state index >= 15 is 0 Å². The van der Waals surface area contributed by atoms with Crippen molar-refractivity contribution in [2.75, 3.05) is 6.61 Å². The Morgan fingerprint density at radius 3 is 2.80 bits per heavy atom. The lowest BCUT2D eigenvalue weighted by Gasteiger charge is -2.05. The molecule has 1 N–H and O–H groups in total. The lowest BCUT2D eigenvalue weighted by molar-refractivity contribution is 0.0523. The van der Waals surface area contributed by atoms with Gasteiger partial charge in [0.15, 0.2) is 0 Å². The fourth-order valence-corrected chi connectivity index (χ4v) is 2.12. The summed E-state index contributed by atoms with van der Waals surface area (Å²) >= 11 is 3.44. The molecule has 1 aromatic carbocycles. The topological polar surface area (TPSA) is 72.0 Å². The average Bonchev–Trinajstić information content (AvgIpc) is 2.42. The van der Waals surface area contributed by atoms with Gasteiger partial charge in [0.1, 0.15) is 11.4 Å². The molecule has 20 heavy (non-hydrogen) atoms. The number of H-pyrrole nitrogens is 1. The molecule has 0 aliphatic heterocycles. The van der Waals surface area contributed by atoms with Gasteiger partial charge in [0, 0.05) is 17.1 Å². The number of carbonyl (C=O) groups excluding carboxylic acids is 1. The molecule has 2 rings (SSSR count). The quantitative estimate of drug-likeness (QED) is 0.869. The van der Waals surface area contributed by atoms with Crippen molar-refractivity contribution >= 4 is 21.9 Å². The van der Waals surface area contributed by atoms with Gasteiger partial charge in [-0.2, -0.15) is 0 Å². The Bertz CT molecular complexity index is 682. The van der Waals surface area contributed by atoms with Crippen molar-refractivity contribution in [2.45, 2.75) is 13.3 Å². The highest BCUT2D eigenvalue weighted by Gasteiger charge is 2.13. The van der Waals surface area contributed by atoms with E-state index in [4.69, 9.17) is 4.74 Å². The molecule has 2 aromatic rings. The minimum absolute atomic E-state index is 0.0808. The highest BCUT2D eigenvalue weighted by Crippen LogP contribution is 2.17. The summed E-state index contributed by atoms with van der Waals surface area (Å²) in [6, 6.07) is 7.67. The second-order valence-electron chi connectivity index (χ2n) is 4.06. The lowest BCUT2D eigenvalue weighted by atomic mass is 10.1. The summed E-state index contributed by atoms with van der Waals surface area (Å²) in [4.78, 5) is 30.0. The number of carbonyl (C=O) groups is 1. The first-order chi connectivity index (χ1) is 9.61. The van der Waals surface area contributed by atoms with Crippen molar-refractivity contribution < 1.29 is 9.53 Å². The molecule has 0 unspecified atom stereocenters. The molecule has 104 valence electrons. The molecular formula is C14H13BrN2O3. The third-order valence-electron chi connectivity index (χ3n) is 2.66. The number of rotatable bonds is 4. The zero-order valence-electron chi connectivity index (χ0n) is 10.9. The summed E-state index contributed by atoms with van der Waals surface area (Å²) in [6.07, 6.45) is 1.72.